The van der Waals surface area contributed by atoms with Gasteiger partial charge in [-0.15, -0.1) is 0 Å². The van der Waals surface area contributed by atoms with Gasteiger partial charge in [-0.2, -0.15) is 0 Å². The zero-order chi connectivity index (χ0) is 23.6. The molecule has 1 aliphatic heterocycles. The Hall–Kier alpha value is -3.36. The highest BCUT2D eigenvalue weighted by atomic mass is 35.5. The smallest absolute Gasteiger partial charge is 0.330 e. The third-order valence-corrected chi connectivity index (χ3v) is 7.35. The Morgan fingerprint density at radius 1 is 1.03 bits per heavy atom. The van der Waals surface area contributed by atoms with Crippen molar-refractivity contribution in [2.24, 2.45) is 0 Å². The first-order valence-electron chi connectivity index (χ1n) is 10.3. The summed E-state index contributed by atoms with van der Waals surface area (Å²) < 4.78 is 27.3. The minimum absolute atomic E-state index is 0.0166. The number of amides is 3. The van der Waals surface area contributed by atoms with Gasteiger partial charge in [0.05, 0.1) is 11.4 Å². The maximum atomic E-state index is 13.3. The van der Waals surface area contributed by atoms with Crippen LogP contribution < -0.4 is 5.32 Å². The van der Waals surface area contributed by atoms with Gasteiger partial charge in [-0.25, -0.2) is 17.5 Å². The van der Waals surface area contributed by atoms with E-state index in [0.29, 0.717) is 10.6 Å². The zero-order valence-electron chi connectivity index (χ0n) is 17.8. The van der Waals surface area contributed by atoms with E-state index < -0.39 is 28.1 Å². The molecule has 1 atom stereocenters. The topological polar surface area (TPSA) is 86.8 Å². The molecule has 0 spiro atoms. The van der Waals surface area contributed by atoms with E-state index in [1.807, 2.05) is 37.3 Å². The molecule has 3 aromatic rings. The van der Waals surface area contributed by atoms with Gasteiger partial charge in [0.25, 0.3) is 15.9 Å². The molecule has 1 unspecified atom stereocenters. The van der Waals surface area contributed by atoms with E-state index in [2.05, 4.69) is 5.32 Å². The molecular formula is C24H22ClN3O4S. The first-order chi connectivity index (χ1) is 15.8. The van der Waals surface area contributed by atoms with Gasteiger partial charge in [0.1, 0.15) is 6.17 Å². The first-order valence-corrected chi connectivity index (χ1v) is 12.1. The number of halogens is 1. The second-order valence-electron chi connectivity index (χ2n) is 7.74. The lowest BCUT2D eigenvalue weighted by Crippen LogP contribution is -2.46. The van der Waals surface area contributed by atoms with Crippen LogP contribution in [0.15, 0.2) is 83.8 Å². The second-order valence-corrected chi connectivity index (χ2v) is 10.0. The summed E-state index contributed by atoms with van der Waals surface area (Å²) in [6.07, 6.45) is -0.857. The van der Waals surface area contributed by atoms with E-state index in [-0.39, 0.29) is 18.0 Å². The van der Waals surface area contributed by atoms with Gasteiger partial charge >= 0.3 is 6.03 Å². The van der Waals surface area contributed by atoms with Crippen molar-refractivity contribution in [3.63, 3.8) is 0 Å². The minimum atomic E-state index is -4.10. The van der Waals surface area contributed by atoms with Crippen molar-refractivity contribution >= 4 is 33.6 Å². The third kappa shape index (κ3) is 4.86. The highest BCUT2D eigenvalue weighted by Crippen LogP contribution is 2.26. The fourth-order valence-corrected chi connectivity index (χ4v) is 5.17. The minimum Gasteiger partial charge on any atom is -0.330 e. The number of nitrogens with zero attached hydrogens (tertiary/aromatic N) is 2. The quantitative estimate of drug-likeness (QED) is 0.573. The molecule has 0 radical (unpaired) electrons. The Morgan fingerprint density at radius 3 is 2.39 bits per heavy atom. The monoisotopic (exact) mass is 483 g/mol. The van der Waals surface area contributed by atoms with Gasteiger partial charge in [-0.1, -0.05) is 65.7 Å². The Bertz CT molecular complexity index is 1280. The summed E-state index contributed by atoms with van der Waals surface area (Å²) >= 11 is 5.99. The Balaban J connectivity index is 1.64. The first kappa shape index (κ1) is 22.8. The maximum absolute atomic E-state index is 13.3. The molecule has 0 aromatic heterocycles. The van der Waals surface area contributed by atoms with Crippen molar-refractivity contribution in [2.45, 2.75) is 24.5 Å². The van der Waals surface area contributed by atoms with Gasteiger partial charge in [0, 0.05) is 17.1 Å². The van der Waals surface area contributed by atoms with Crippen molar-refractivity contribution < 1.29 is 18.0 Å². The van der Waals surface area contributed by atoms with Crippen molar-refractivity contribution in [1.29, 1.82) is 0 Å². The third-order valence-electron chi connectivity index (χ3n) is 5.36. The molecule has 4 rings (SSSR count). The number of carbonyl (C=O) groups excluding carboxylic acids is 2. The fourth-order valence-electron chi connectivity index (χ4n) is 3.59. The molecular weight excluding hydrogens is 462 g/mol. The predicted molar refractivity (Wildman–Crippen MR) is 125 cm³/mol. The van der Waals surface area contributed by atoms with Crippen LogP contribution in [0.4, 0.5) is 4.79 Å². The van der Waals surface area contributed by atoms with Crippen molar-refractivity contribution in [2.75, 3.05) is 6.54 Å². The lowest BCUT2D eigenvalue weighted by atomic mass is 10.2. The number of hydrogen-bond acceptors (Lipinski definition) is 4. The molecule has 7 nitrogen and oxygen atoms in total. The number of hydrogen-bond donors (Lipinski definition) is 1. The molecule has 1 N–H and O–H groups in total. The molecule has 3 aromatic carbocycles. The molecule has 33 heavy (non-hydrogen) atoms. The van der Waals surface area contributed by atoms with Gasteiger partial charge in [0.15, 0.2) is 0 Å². The van der Waals surface area contributed by atoms with E-state index in [9.17, 15) is 18.0 Å². The average Bonchev–Trinajstić information content (AvgIpc) is 3.10. The molecule has 0 saturated carbocycles. The molecule has 9 heteroatoms. The largest absolute Gasteiger partial charge is 0.336 e. The van der Waals surface area contributed by atoms with Crippen LogP contribution in [0.25, 0.3) is 0 Å². The van der Waals surface area contributed by atoms with Crippen LogP contribution in [0, 0.1) is 6.92 Å². The van der Waals surface area contributed by atoms with Crippen LogP contribution in [0.1, 0.15) is 21.5 Å². The summed E-state index contributed by atoms with van der Waals surface area (Å²) in [5.74, 6) is -0.456. The van der Waals surface area contributed by atoms with Crippen molar-refractivity contribution in [3.05, 3.63) is 101 Å². The molecule has 0 bridgehead atoms. The van der Waals surface area contributed by atoms with Crippen LogP contribution in [-0.4, -0.2) is 42.3 Å². The number of rotatable bonds is 6. The molecule has 0 aliphatic carbocycles. The van der Waals surface area contributed by atoms with Gasteiger partial charge in [-0.3, -0.25) is 9.69 Å². The fraction of sp³-hybridized carbons (Fsp3) is 0.167. The summed E-state index contributed by atoms with van der Waals surface area (Å²) in [6.45, 7) is 1.77. The van der Waals surface area contributed by atoms with Crippen LogP contribution in [0.5, 0.6) is 0 Å². The lowest BCUT2D eigenvalue weighted by Gasteiger charge is -2.24. The Morgan fingerprint density at radius 2 is 1.73 bits per heavy atom. The standard InChI is InChI=1S/C24H22ClN3O4S/c1-17-10-12-21(13-11-17)33(31,32)28-16-22(26-23(29)19-8-5-9-20(25)14-19)27(24(28)30)15-18-6-3-2-4-7-18/h2-14,22H,15-16H2,1H3,(H,26,29). The zero-order valence-corrected chi connectivity index (χ0v) is 19.4. The average molecular weight is 484 g/mol. The predicted octanol–water partition coefficient (Wildman–Crippen LogP) is 4.03. The van der Waals surface area contributed by atoms with Crippen molar-refractivity contribution in [3.8, 4) is 0 Å². The highest BCUT2D eigenvalue weighted by Gasteiger charge is 2.44. The Kier molecular flexibility index (Phi) is 6.40. The van der Waals surface area contributed by atoms with Gasteiger partial charge in [0.2, 0.25) is 0 Å². The van der Waals surface area contributed by atoms with Crippen LogP contribution in [0.2, 0.25) is 5.02 Å². The van der Waals surface area contributed by atoms with E-state index in [1.165, 1.54) is 23.1 Å². The number of carbonyl (C=O) groups is 2. The van der Waals surface area contributed by atoms with E-state index in [4.69, 9.17) is 11.6 Å². The molecule has 1 fully saturated rings. The van der Waals surface area contributed by atoms with Crippen molar-refractivity contribution in [1.82, 2.24) is 14.5 Å². The maximum Gasteiger partial charge on any atom is 0.336 e. The van der Waals surface area contributed by atoms with E-state index in [1.54, 1.807) is 30.3 Å². The Labute approximate surface area is 197 Å². The van der Waals surface area contributed by atoms with E-state index in [0.717, 1.165) is 15.4 Å². The number of sulfonamides is 1. The summed E-state index contributed by atoms with van der Waals surface area (Å²) in [5, 5.41) is 3.19. The molecule has 1 heterocycles. The van der Waals surface area contributed by atoms with Gasteiger partial charge in [-0.05, 0) is 42.8 Å². The number of benzene rings is 3. The van der Waals surface area contributed by atoms with Crippen LogP contribution in [-0.2, 0) is 16.6 Å². The lowest BCUT2D eigenvalue weighted by molar-refractivity contribution is 0.0900. The highest BCUT2D eigenvalue weighted by molar-refractivity contribution is 7.89. The summed E-state index contributed by atoms with van der Waals surface area (Å²) in [4.78, 5) is 27.5. The molecule has 1 aliphatic rings. The van der Waals surface area contributed by atoms with Gasteiger partial charge < -0.3 is 5.32 Å². The SMILES string of the molecule is Cc1ccc(S(=O)(=O)N2CC(NC(=O)c3cccc(Cl)c3)N(Cc3ccccc3)C2=O)cc1. The normalized spacial score (nSPS) is 16.2. The van der Waals surface area contributed by atoms with E-state index >= 15 is 0 Å². The summed E-state index contributed by atoms with van der Waals surface area (Å²) in [7, 11) is -4.10. The number of urea groups is 1. The van der Waals surface area contributed by atoms with Crippen LogP contribution >= 0.6 is 11.6 Å². The number of nitrogens with one attached hydrogen (secondary N) is 1. The second kappa shape index (κ2) is 9.25. The molecule has 170 valence electrons. The van der Waals surface area contributed by atoms with Crippen LogP contribution in [0.3, 0.4) is 0 Å². The molecule has 3 amide bonds. The molecule has 1 saturated heterocycles. The summed E-state index contributed by atoms with van der Waals surface area (Å²) in [5.41, 5.74) is 2.02. The number of aryl methyl sites for hydroxylation is 1. The summed E-state index contributed by atoms with van der Waals surface area (Å²) in [6, 6.07) is 21.2.